The smallest absolute Gasteiger partial charge is 0.0865 e. The van der Waals surface area contributed by atoms with Crippen LogP contribution in [0.3, 0.4) is 0 Å². The zero-order valence-electron chi connectivity index (χ0n) is 14.2. The van der Waals surface area contributed by atoms with Gasteiger partial charge in [-0.1, -0.05) is 27.7 Å². The molecule has 3 radical (unpaired) electrons. The Balaban J connectivity index is 0. The molecule has 18 heavy (non-hydrogen) atoms. The van der Waals surface area contributed by atoms with Gasteiger partial charge >= 0.3 is 0 Å². The Morgan fingerprint density at radius 3 is 0.833 bits per heavy atom. The van der Waals surface area contributed by atoms with E-state index in [2.05, 4.69) is 55.4 Å². The molecule has 0 heterocycles. The van der Waals surface area contributed by atoms with Crippen molar-refractivity contribution in [3.8, 4) is 0 Å². The number of rotatable bonds is 8. The van der Waals surface area contributed by atoms with Gasteiger partial charge < -0.3 is 4.48 Å². The molecule has 0 aromatic carbocycles. The van der Waals surface area contributed by atoms with Gasteiger partial charge in [0.1, 0.15) is 0 Å². The van der Waals surface area contributed by atoms with Crippen LogP contribution in [0, 0.1) is 0 Å². The third kappa shape index (κ3) is 3.53. The molecule has 0 bridgehead atoms. The van der Waals surface area contributed by atoms with Gasteiger partial charge in [-0.25, -0.2) is 0 Å². The van der Waals surface area contributed by atoms with Crippen LogP contribution in [0.1, 0.15) is 81.1 Å². The highest BCUT2D eigenvalue weighted by Crippen LogP contribution is 2.34. The molecule has 1 nitrogen and oxygen atoms in total. The van der Waals surface area contributed by atoms with Crippen molar-refractivity contribution in [3.05, 3.63) is 0 Å². The third-order valence-corrected chi connectivity index (χ3v) is 5.42. The molecular weight excluding hydrogens is 217 g/mol. The van der Waals surface area contributed by atoms with Gasteiger partial charge in [0.05, 0.1) is 24.2 Å². The number of quaternary nitrogens is 1. The van der Waals surface area contributed by atoms with Crippen LogP contribution in [0.4, 0.5) is 0 Å². The lowest BCUT2D eigenvalue weighted by Gasteiger charge is -2.55. The Hall–Kier alpha value is 0.0249. The van der Waals surface area contributed by atoms with Crippen LogP contribution in [0.15, 0.2) is 0 Å². The monoisotopic (exact) mass is 253 g/mol. The minimum atomic E-state index is 0. The molecule has 107 valence electrons. The Bertz CT molecular complexity index is 160. The Kier molecular flexibility index (Phi) is 10.2. The Labute approximate surface area is 119 Å². The molecule has 0 aliphatic carbocycles. The van der Waals surface area contributed by atoms with Crippen LogP contribution in [0.2, 0.25) is 0 Å². The zero-order chi connectivity index (χ0) is 13.6. The first kappa shape index (κ1) is 20.3. The van der Waals surface area contributed by atoms with E-state index in [1.165, 1.54) is 30.2 Å². The lowest BCUT2D eigenvalue weighted by atomic mass is 9.93. The number of nitrogens with zero attached hydrogens (tertiary/aromatic N) is 1. The first-order chi connectivity index (χ1) is 7.93. The Morgan fingerprint density at radius 2 is 0.722 bits per heavy atom. The quantitative estimate of drug-likeness (QED) is 0.437. The van der Waals surface area contributed by atoms with E-state index in [1.807, 2.05) is 0 Å². The van der Waals surface area contributed by atoms with Crippen LogP contribution >= 0.6 is 0 Å². The summed E-state index contributed by atoms with van der Waals surface area (Å²) in [7, 11) is 0. The summed E-state index contributed by atoms with van der Waals surface area (Å²) in [5, 5.41) is 0. The standard InChI is InChI=1S/C16H36N.B/c1-9-13(5)17(14(6)10-2,15(7)11-3)16(8)12-4;/h13-16H,9-12H2,1-8H3;/q+1;. The van der Waals surface area contributed by atoms with Gasteiger partial charge in [0, 0.05) is 8.41 Å². The van der Waals surface area contributed by atoms with Crippen molar-refractivity contribution in [2.24, 2.45) is 0 Å². The van der Waals surface area contributed by atoms with Crippen molar-refractivity contribution in [2.75, 3.05) is 0 Å². The van der Waals surface area contributed by atoms with Gasteiger partial charge in [-0.05, 0) is 53.4 Å². The van der Waals surface area contributed by atoms with Crippen molar-refractivity contribution < 1.29 is 4.48 Å². The predicted molar refractivity (Wildman–Crippen MR) is 85.0 cm³/mol. The summed E-state index contributed by atoms with van der Waals surface area (Å²) >= 11 is 0. The van der Waals surface area contributed by atoms with Gasteiger partial charge in [0.25, 0.3) is 0 Å². The van der Waals surface area contributed by atoms with E-state index in [1.54, 1.807) is 0 Å². The summed E-state index contributed by atoms with van der Waals surface area (Å²) in [6.45, 7) is 19.3. The molecule has 0 spiro atoms. The normalized spacial score (nSPS) is 21.3. The highest BCUT2D eigenvalue weighted by atomic mass is 15.4. The first-order valence-electron chi connectivity index (χ1n) is 7.80. The topological polar surface area (TPSA) is 0 Å². The average Bonchev–Trinajstić information content (AvgIpc) is 2.37. The molecule has 0 aliphatic rings. The minimum absolute atomic E-state index is 0. The molecule has 0 rings (SSSR count). The van der Waals surface area contributed by atoms with Gasteiger partial charge in [0.15, 0.2) is 0 Å². The molecule has 0 amide bonds. The number of hydrogen-bond donors (Lipinski definition) is 0. The van der Waals surface area contributed by atoms with Crippen LogP contribution in [0.5, 0.6) is 0 Å². The molecule has 0 saturated carbocycles. The molecule has 0 aliphatic heterocycles. The van der Waals surface area contributed by atoms with Crippen LogP contribution < -0.4 is 0 Å². The lowest BCUT2D eigenvalue weighted by molar-refractivity contribution is -1.01. The molecule has 4 atom stereocenters. The molecule has 4 unspecified atom stereocenters. The SMILES string of the molecule is CCC(C)[N+](C(C)CC)(C(C)CC)C(C)CC.[B]. The van der Waals surface area contributed by atoms with E-state index in [0.29, 0.717) is 0 Å². The van der Waals surface area contributed by atoms with E-state index in [4.69, 9.17) is 0 Å². The third-order valence-electron chi connectivity index (χ3n) is 5.42. The molecular formula is C16H36BN+. The summed E-state index contributed by atoms with van der Waals surface area (Å²) in [5.41, 5.74) is 0. The largest absolute Gasteiger partial charge is 0.315 e. The zero-order valence-corrected chi connectivity index (χ0v) is 14.2. The first-order valence-corrected chi connectivity index (χ1v) is 7.80. The van der Waals surface area contributed by atoms with Gasteiger partial charge in [-0.3, -0.25) is 0 Å². The number of hydrogen-bond acceptors (Lipinski definition) is 0. The fourth-order valence-electron chi connectivity index (χ4n) is 3.87. The second-order valence-corrected chi connectivity index (χ2v) is 5.92. The Morgan fingerprint density at radius 1 is 0.556 bits per heavy atom. The highest BCUT2D eigenvalue weighted by molar-refractivity contribution is 5.75. The van der Waals surface area contributed by atoms with Crippen LogP contribution in [0.25, 0.3) is 0 Å². The maximum Gasteiger partial charge on any atom is 0.0865 e. The van der Waals surface area contributed by atoms with E-state index in [0.717, 1.165) is 24.2 Å². The highest BCUT2D eigenvalue weighted by Gasteiger charge is 2.45. The summed E-state index contributed by atoms with van der Waals surface area (Å²) in [4.78, 5) is 0. The molecule has 2 heteroatoms. The molecule has 0 fully saturated rings. The van der Waals surface area contributed by atoms with E-state index >= 15 is 0 Å². The van der Waals surface area contributed by atoms with Crippen molar-refractivity contribution >= 4 is 8.41 Å². The van der Waals surface area contributed by atoms with E-state index in [-0.39, 0.29) is 8.41 Å². The van der Waals surface area contributed by atoms with Gasteiger partial charge in [-0.15, -0.1) is 0 Å². The van der Waals surface area contributed by atoms with Crippen molar-refractivity contribution in [1.82, 2.24) is 0 Å². The van der Waals surface area contributed by atoms with Crippen molar-refractivity contribution in [2.45, 2.75) is 105 Å². The minimum Gasteiger partial charge on any atom is -0.315 e. The van der Waals surface area contributed by atoms with E-state index in [9.17, 15) is 0 Å². The second kappa shape index (κ2) is 9.01. The van der Waals surface area contributed by atoms with Crippen molar-refractivity contribution in [1.29, 1.82) is 0 Å². The summed E-state index contributed by atoms with van der Waals surface area (Å²) < 4.78 is 1.32. The summed E-state index contributed by atoms with van der Waals surface area (Å²) in [5.74, 6) is 0. The second-order valence-electron chi connectivity index (χ2n) is 5.92. The van der Waals surface area contributed by atoms with Crippen LogP contribution in [-0.2, 0) is 0 Å². The molecule has 0 saturated heterocycles. The lowest BCUT2D eigenvalue weighted by Crippen LogP contribution is -2.68. The van der Waals surface area contributed by atoms with Crippen LogP contribution in [-0.4, -0.2) is 37.1 Å². The average molecular weight is 253 g/mol. The molecule has 0 aromatic heterocycles. The fourth-order valence-corrected chi connectivity index (χ4v) is 3.87. The van der Waals surface area contributed by atoms with Crippen molar-refractivity contribution in [3.63, 3.8) is 0 Å². The van der Waals surface area contributed by atoms with E-state index < -0.39 is 0 Å². The molecule has 0 N–H and O–H groups in total. The van der Waals surface area contributed by atoms with Gasteiger partial charge in [-0.2, -0.15) is 0 Å². The maximum atomic E-state index is 2.46. The predicted octanol–water partition coefficient (Wildman–Crippen LogP) is 4.62. The summed E-state index contributed by atoms with van der Waals surface area (Å²) in [6.07, 6.45) is 5.16. The van der Waals surface area contributed by atoms with Gasteiger partial charge in [0.2, 0.25) is 0 Å². The molecule has 0 aromatic rings. The summed E-state index contributed by atoms with van der Waals surface area (Å²) in [6, 6.07) is 3.09. The maximum absolute atomic E-state index is 2.46. The fraction of sp³-hybridized carbons (Fsp3) is 1.00.